The molecule has 0 spiro atoms. The Morgan fingerprint density at radius 2 is 2.00 bits per heavy atom. The van der Waals surface area contributed by atoms with Gasteiger partial charge >= 0.3 is 10.3 Å². The van der Waals surface area contributed by atoms with E-state index in [0.29, 0.717) is 17.3 Å². The molecule has 0 radical (unpaired) electrons. The third-order valence-electron chi connectivity index (χ3n) is 6.06. The summed E-state index contributed by atoms with van der Waals surface area (Å²) >= 11 is 9.43. The van der Waals surface area contributed by atoms with Crippen molar-refractivity contribution < 1.29 is 27.6 Å². The molecule has 3 aromatic rings. The van der Waals surface area contributed by atoms with Crippen molar-refractivity contribution in [1.82, 2.24) is 19.7 Å². The second-order valence-electron chi connectivity index (χ2n) is 8.58. The van der Waals surface area contributed by atoms with Crippen LogP contribution in [0.25, 0.3) is 0 Å². The molecule has 14 heteroatoms. The van der Waals surface area contributed by atoms with Gasteiger partial charge < -0.3 is 10.2 Å². The van der Waals surface area contributed by atoms with Crippen molar-refractivity contribution >= 4 is 43.6 Å². The second kappa shape index (κ2) is 11.0. The minimum Gasteiger partial charge on any atom is -0.390 e. The molecular weight excluding hydrogens is 578 g/mol. The zero-order valence-electron chi connectivity index (χ0n) is 18.7. The summed E-state index contributed by atoms with van der Waals surface area (Å²) in [5, 5.41) is 30.7. The number of ketones is 1. The van der Waals surface area contributed by atoms with Gasteiger partial charge in [0, 0.05) is 22.8 Å². The molecule has 4 atom stereocenters. The summed E-state index contributed by atoms with van der Waals surface area (Å²) < 4.78 is 29.1. The summed E-state index contributed by atoms with van der Waals surface area (Å²) in [6.07, 6.45) is 2.42. The smallest absolute Gasteiger partial charge is 0.333 e. The topological polar surface area (TPSA) is 171 Å². The van der Waals surface area contributed by atoms with Gasteiger partial charge in [0.25, 0.3) is 0 Å². The molecule has 1 aliphatic rings. The summed E-state index contributed by atoms with van der Waals surface area (Å²) in [6.45, 7) is 0.0695. The Bertz CT molecular complexity index is 1370. The quantitative estimate of drug-likeness (QED) is 0.308. The molecule has 0 amide bonds. The number of rotatable bonds is 9. The first-order chi connectivity index (χ1) is 17.0. The van der Waals surface area contributed by atoms with E-state index in [2.05, 4.69) is 35.2 Å². The van der Waals surface area contributed by atoms with Gasteiger partial charge in [-0.2, -0.15) is 13.5 Å². The van der Waals surface area contributed by atoms with Crippen LogP contribution in [0, 0.1) is 11.8 Å². The molecule has 4 N–H and O–H groups in total. The number of benzene rings is 1. The molecule has 0 unspecified atom stereocenters. The Morgan fingerprint density at radius 1 is 1.25 bits per heavy atom. The zero-order chi connectivity index (χ0) is 26.0. The first-order valence-corrected chi connectivity index (χ1v) is 13.5. The standard InChI is InChI=1S/C22H23BrClN5O6S/c23-16-5-12(1-2-17(16)24)9-29-4-3-18(28-29)22(32)15-8-26-11-27-19(15)7-13-6-14(21(31)20(13)30)10-35-36(25,33)34/h1-5,8,11,13-14,20-21,30-31H,6-7,9-10H2,(H2,25,33,34)/t13-,14+,20-,21+/m0/s1. The van der Waals surface area contributed by atoms with Crippen LogP contribution >= 0.6 is 27.5 Å². The Morgan fingerprint density at radius 3 is 2.72 bits per heavy atom. The average Bonchev–Trinajstić information content (AvgIpc) is 3.40. The summed E-state index contributed by atoms with van der Waals surface area (Å²) in [5.74, 6) is -1.52. The highest BCUT2D eigenvalue weighted by atomic mass is 79.9. The van der Waals surface area contributed by atoms with Crippen LogP contribution < -0.4 is 5.14 Å². The van der Waals surface area contributed by atoms with Gasteiger partial charge in [0.05, 0.1) is 41.6 Å². The lowest BCUT2D eigenvalue weighted by Crippen LogP contribution is -2.31. The molecule has 2 aromatic heterocycles. The molecule has 1 aliphatic carbocycles. The normalized spacial score (nSPS) is 22.1. The minimum absolute atomic E-state index is 0.160. The average molecular weight is 601 g/mol. The number of hydrogen-bond acceptors (Lipinski definition) is 9. The Balaban J connectivity index is 1.47. The van der Waals surface area contributed by atoms with Crippen LogP contribution in [0.2, 0.25) is 5.02 Å². The van der Waals surface area contributed by atoms with Crippen LogP contribution in [0.15, 0.2) is 47.5 Å². The van der Waals surface area contributed by atoms with Crippen LogP contribution in [0.5, 0.6) is 0 Å². The van der Waals surface area contributed by atoms with Gasteiger partial charge in [-0.3, -0.25) is 13.7 Å². The molecule has 11 nitrogen and oxygen atoms in total. The fraction of sp³-hybridized carbons (Fsp3) is 0.364. The molecule has 1 fully saturated rings. The number of hydrogen-bond donors (Lipinski definition) is 3. The Hall–Kier alpha value is -2.26. The monoisotopic (exact) mass is 599 g/mol. The van der Waals surface area contributed by atoms with Gasteiger partial charge in [0.1, 0.15) is 12.0 Å². The number of aliphatic hydroxyl groups is 2. The lowest BCUT2D eigenvalue weighted by molar-refractivity contribution is -0.00334. The van der Waals surface area contributed by atoms with Gasteiger partial charge in [0.15, 0.2) is 0 Å². The SMILES string of the molecule is NS(=O)(=O)OC[C@H]1C[C@@H](Cc2ncncc2C(=O)c2ccn(Cc3ccc(Cl)c(Br)c3)n2)[C@H](O)[C@@H]1O. The van der Waals surface area contributed by atoms with Gasteiger partial charge in [-0.15, -0.1) is 0 Å². The van der Waals surface area contributed by atoms with E-state index >= 15 is 0 Å². The number of nitrogens with zero attached hydrogens (tertiary/aromatic N) is 4. The fourth-order valence-corrected chi connectivity index (χ4v) is 5.18. The maximum atomic E-state index is 13.2. The van der Waals surface area contributed by atoms with E-state index in [1.54, 1.807) is 23.0 Å². The fourth-order valence-electron chi connectivity index (χ4n) is 4.27. The molecule has 192 valence electrons. The first-order valence-electron chi connectivity index (χ1n) is 10.9. The number of halogens is 2. The summed E-state index contributed by atoms with van der Waals surface area (Å²) in [4.78, 5) is 21.4. The number of carbonyl (C=O) groups excluding carboxylic acids is 1. The van der Waals surface area contributed by atoms with Crippen LogP contribution in [0.3, 0.4) is 0 Å². The van der Waals surface area contributed by atoms with E-state index in [9.17, 15) is 23.4 Å². The highest BCUT2D eigenvalue weighted by molar-refractivity contribution is 9.10. The van der Waals surface area contributed by atoms with Gasteiger partial charge in [-0.25, -0.2) is 15.1 Å². The highest BCUT2D eigenvalue weighted by Gasteiger charge is 2.42. The van der Waals surface area contributed by atoms with Gasteiger partial charge in [0.2, 0.25) is 5.78 Å². The van der Waals surface area contributed by atoms with Crippen LogP contribution in [0.1, 0.15) is 33.7 Å². The molecule has 36 heavy (non-hydrogen) atoms. The molecule has 4 rings (SSSR count). The molecule has 2 heterocycles. The van der Waals surface area contributed by atoms with Crippen LogP contribution in [-0.4, -0.2) is 63.0 Å². The summed E-state index contributed by atoms with van der Waals surface area (Å²) in [7, 11) is -4.17. The number of aliphatic hydroxyl groups excluding tert-OH is 2. The lowest BCUT2D eigenvalue weighted by Gasteiger charge is -2.17. The van der Waals surface area contributed by atoms with E-state index in [4.69, 9.17) is 16.7 Å². The minimum atomic E-state index is -4.17. The van der Waals surface area contributed by atoms with Crippen molar-refractivity contribution in [2.45, 2.75) is 31.6 Å². The van der Waals surface area contributed by atoms with Crippen LogP contribution in [0.4, 0.5) is 0 Å². The highest BCUT2D eigenvalue weighted by Crippen LogP contribution is 2.35. The number of carbonyl (C=O) groups is 1. The van der Waals surface area contributed by atoms with E-state index in [1.165, 1.54) is 12.5 Å². The second-order valence-corrected chi connectivity index (χ2v) is 11.1. The molecule has 1 saturated carbocycles. The Kier molecular flexibility index (Phi) is 8.19. The van der Waals surface area contributed by atoms with E-state index < -0.39 is 34.3 Å². The molecular formula is C22H23BrClN5O6S. The maximum Gasteiger partial charge on any atom is 0.333 e. The van der Waals surface area contributed by atoms with E-state index in [-0.39, 0.29) is 36.5 Å². The molecule has 1 aromatic carbocycles. The van der Waals surface area contributed by atoms with E-state index in [0.717, 1.165) is 10.0 Å². The predicted octanol–water partition coefficient (Wildman–Crippen LogP) is 1.49. The van der Waals surface area contributed by atoms with Gasteiger partial charge in [-0.05, 0) is 58.5 Å². The van der Waals surface area contributed by atoms with E-state index in [1.807, 2.05) is 12.1 Å². The van der Waals surface area contributed by atoms with Crippen LogP contribution in [-0.2, 0) is 27.5 Å². The predicted molar refractivity (Wildman–Crippen MR) is 132 cm³/mol. The lowest BCUT2D eigenvalue weighted by atomic mass is 9.95. The molecule has 0 saturated heterocycles. The zero-order valence-corrected chi connectivity index (χ0v) is 21.9. The summed E-state index contributed by atoms with van der Waals surface area (Å²) in [5.41, 5.74) is 1.75. The maximum absolute atomic E-state index is 13.2. The van der Waals surface area contributed by atoms with Crippen molar-refractivity contribution in [1.29, 1.82) is 0 Å². The van der Waals surface area contributed by atoms with Crippen molar-refractivity contribution in [3.8, 4) is 0 Å². The molecule has 0 aliphatic heterocycles. The van der Waals surface area contributed by atoms with Gasteiger partial charge in [-0.1, -0.05) is 17.7 Å². The third kappa shape index (κ3) is 6.35. The molecule has 0 bridgehead atoms. The number of nitrogens with two attached hydrogens (primary N) is 1. The summed E-state index contributed by atoms with van der Waals surface area (Å²) in [6, 6.07) is 7.10. The van der Waals surface area contributed by atoms with Crippen molar-refractivity contribution in [2.75, 3.05) is 6.61 Å². The van der Waals surface area contributed by atoms with Crippen molar-refractivity contribution in [3.05, 3.63) is 75.0 Å². The number of aromatic nitrogens is 4. The van der Waals surface area contributed by atoms with Crippen molar-refractivity contribution in [2.24, 2.45) is 17.0 Å². The third-order valence-corrected chi connectivity index (χ3v) is 7.74. The Labute approximate surface area is 220 Å². The largest absolute Gasteiger partial charge is 0.390 e. The van der Waals surface area contributed by atoms with Crippen molar-refractivity contribution in [3.63, 3.8) is 0 Å². The first kappa shape index (κ1) is 26.8.